The Balaban J connectivity index is 2.05. The Bertz CT molecular complexity index is 588. The van der Waals surface area contributed by atoms with Gasteiger partial charge in [-0.3, -0.25) is 4.79 Å². The molecule has 2 rings (SSSR count). The maximum absolute atomic E-state index is 11.9. The van der Waals surface area contributed by atoms with Crippen LogP contribution in [-0.4, -0.2) is 10.9 Å². The predicted molar refractivity (Wildman–Crippen MR) is 77.4 cm³/mol. The molecule has 1 amide bonds. The van der Waals surface area contributed by atoms with Crippen LogP contribution in [0, 0.1) is 0 Å². The van der Waals surface area contributed by atoms with E-state index in [1.807, 2.05) is 12.1 Å². The Hall–Kier alpha value is -0.620. The number of nitrogens with zero attached hydrogens (tertiary/aromatic N) is 1. The molecule has 0 unspecified atom stereocenters. The zero-order valence-corrected chi connectivity index (χ0v) is 12.8. The smallest absolute Gasteiger partial charge is 0.271 e. The van der Waals surface area contributed by atoms with Crippen molar-refractivity contribution in [2.75, 3.05) is 0 Å². The fourth-order valence-electron chi connectivity index (χ4n) is 1.28. The molecule has 2 aromatic rings. The summed E-state index contributed by atoms with van der Waals surface area (Å²) in [4.78, 5) is 16.8. The minimum absolute atomic E-state index is 0.139. The van der Waals surface area contributed by atoms with Crippen LogP contribution in [-0.2, 0) is 6.54 Å². The monoisotopic (exact) mass is 364 g/mol. The maximum Gasteiger partial charge on any atom is 0.271 e. The predicted octanol–water partition coefficient (Wildman–Crippen LogP) is 4.14. The highest BCUT2D eigenvalue weighted by Gasteiger charge is 2.12. The van der Waals surface area contributed by atoms with E-state index in [1.165, 1.54) is 6.07 Å². The van der Waals surface area contributed by atoms with E-state index in [0.717, 1.165) is 8.66 Å². The molecule has 0 bridgehead atoms. The number of amides is 1. The summed E-state index contributed by atoms with van der Waals surface area (Å²) in [5, 5.41) is 3.26. The first-order chi connectivity index (χ1) is 8.56. The van der Waals surface area contributed by atoms with Crippen molar-refractivity contribution in [2.45, 2.75) is 6.54 Å². The highest BCUT2D eigenvalue weighted by molar-refractivity contribution is 9.11. The summed E-state index contributed by atoms with van der Waals surface area (Å²) in [6.07, 6.45) is 0. The Kier molecular flexibility index (Phi) is 4.61. The van der Waals surface area contributed by atoms with Crippen LogP contribution < -0.4 is 5.32 Å². The molecule has 0 aliphatic carbocycles. The molecule has 1 N–H and O–H groups in total. The lowest BCUT2D eigenvalue weighted by molar-refractivity contribution is 0.0946. The molecular weight excluding hydrogens is 359 g/mol. The molecule has 0 aliphatic heterocycles. The largest absolute Gasteiger partial charge is 0.346 e. The number of halogens is 3. The van der Waals surface area contributed by atoms with Gasteiger partial charge in [-0.2, -0.15) is 0 Å². The van der Waals surface area contributed by atoms with E-state index in [-0.39, 0.29) is 21.8 Å². The summed E-state index contributed by atoms with van der Waals surface area (Å²) >= 11 is 16.5. The average Bonchev–Trinajstić information content (AvgIpc) is 2.75. The van der Waals surface area contributed by atoms with E-state index < -0.39 is 0 Å². The van der Waals surface area contributed by atoms with E-state index in [1.54, 1.807) is 17.4 Å². The second-order valence-corrected chi connectivity index (χ2v) is 6.69. The minimum atomic E-state index is -0.341. The summed E-state index contributed by atoms with van der Waals surface area (Å²) in [5.74, 6) is -0.341. The molecule has 2 heterocycles. The van der Waals surface area contributed by atoms with Gasteiger partial charge in [0.2, 0.25) is 0 Å². The zero-order chi connectivity index (χ0) is 13.1. The molecule has 2 aromatic heterocycles. The fourth-order valence-corrected chi connectivity index (χ4v) is 3.04. The van der Waals surface area contributed by atoms with Gasteiger partial charge in [0.15, 0.2) is 0 Å². The molecule has 0 aromatic carbocycles. The molecule has 7 heteroatoms. The van der Waals surface area contributed by atoms with Crippen molar-refractivity contribution < 1.29 is 4.79 Å². The van der Waals surface area contributed by atoms with Gasteiger partial charge in [-0.25, -0.2) is 4.98 Å². The number of carbonyl (C=O) groups is 1. The summed E-state index contributed by atoms with van der Waals surface area (Å²) < 4.78 is 1.02. The Morgan fingerprint density at radius 2 is 2.11 bits per heavy atom. The Morgan fingerprint density at radius 3 is 2.78 bits per heavy atom. The molecule has 0 atom stereocenters. The third-order valence-corrected chi connectivity index (χ3v) is 4.22. The lowest BCUT2D eigenvalue weighted by atomic mass is 10.3. The van der Waals surface area contributed by atoms with Crippen LogP contribution in [0.1, 0.15) is 15.4 Å². The van der Waals surface area contributed by atoms with E-state index in [4.69, 9.17) is 23.2 Å². The summed E-state index contributed by atoms with van der Waals surface area (Å²) in [7, 11) is 0. The number of hydrogen-bond acceptors (Lipinski definition) is 3. The minimum Gasteiger partial charge on any atom is -0.346 e. The average molecular weight is 366 g/mol. The van der Waals surface area contributed by atoms with E-state index in [0.29, 0.717) is 6.54 Å². The van der Waals surface area contributed by atoms with Gasteiger partial charge < -0.3 is 5.32 Å². The van der Waals surface area contributed by atoms with Gasteiger partial charge in [-0.05, 0) is 40.2 Å². The lowest BCUT2D eigenvalue weighted by Gasteiger charge is -2.05. The summed E-state index contributed by atoms with van der Waals surface area (Å²) in [6, 6.07) is 6.95. The quantitative estimate of drug-likeness (QED) is 0.830. The number of aromatic nitrogens is 1. The number of pyridine rings is 1. The third kappa shape index (κ3) is 3.45. The van der Waals surface area contributed by atoms with Gasteiger partial charge in [-0.15, -0.1) is 11.3 Å². The van der Waals surface area contributed by atoms with Crippen LogP contribution in [0.3, 0.4) is 0 Å². The first-order valence-corrected chi connectivity index (χ1v) is 7.27. The first-order valence-electron chi connectivity index (χ1n) is 4.91. The van der Waals surface area contributed by atoms with Crippen molar-refractivity contribution >= 4 is 56.4 Å². The van der Waals surface area contributed by atoms with Gasteiger partial charge in [0.25, 0.3) is 5.91 Å². The molecule has 0 saturated heterocycles. The van der Waals surface area contributed by atoms with Crippen LogP contribution in [0.5, 0.6) is 0 Å². The van der Waals surface area contributed by atoms with Crippen molar-refractivity contribution in [2.24, 2.45) is 0 Å². The van der Waals surface area contributed by atoms with Gasteiger partial charge in [0, 0.05) is 4.88 Å². The van der Waals surface area contributed by atoms with Crippen molar-refractivity contribution in [1.29, 1.82) is 0 Å². The van der Waals surface area contributed by atoms with Crippen LogP contribution in [0.25, 0.3) is 0 Å². The molecular formula is C11H7BrCl2N2OS. The normalized spacial score (nSPS) is 10.4. The zero-order valence-electron chi connectivity index (χ0n) is 8.91. The summed E-state index contributed by atoms with van der Waals surface area (Å²) in [5.41, 5.74) is 0.139. The van der Waals surface area contributed by atoms with Crippen LogP contribution in [0.2, 0.25) is 10.2 Å². The van der Waals surface area contributed by atoms with Gasteiger partial charge >= 0.3 is 0 Å². The van der Waals surface area contributed by atoms with Gasteiger partial charge in [-0.1, -0.05) is 23.2 Å². The fraction of sp³-hybridized carbons (Fsp3) is 0.0909. The maximum atomic E-state index is 11.9. The second kappa shape index (κ2) is 6.02. The highest BCUT2D eigenvalue weighted by Crippen LogP contribution is 2.22. The Labute approximate surface area is 126 Å². The lowest BCUT2D eigenvalue weighted by Crippen LogP contribution is -2.23. The van der Waals surface area contributed by atoms with Crippen molar-refractivity contribution in [3.05, 3.63) is 48.8 Å². The van der Waals surface area contributed by atoms with Crippen molar-refractivity contribution in [3.63, 3.8) is 0 Å². The van der Waals surface area contributed by atoms with Crippen LogP contribution in [0.15, 0.2) is 28.1 Å². The van der Waals surface area contributed by atoms with Crippen LogP contribution >= 0.6 is 50.5 Å². The molecule has 18 heavy (non-hydrogen) atoms. The third-order valence-electron chi connectivity index (χ3n) is 2.08. The Morgan fingerprint density at radius 1 is 1.33 bits per heavy atom. The topological polar surface area (TPSA) is 42.0 Å². The van der Waals surface area contributed by atoms with Crippen LogP contribution in [0.4, 0.5) is 0 Å². The summed E-state index contributed by atoms with van der Waals surface area (Å²) in [6.45, 7) is 0.430. The molecule has 0 radical (unpaired) electrons. The first kappa shape index (κ1) is 13.8. The second-order valence-electron chi connectivity index (χ2n) is 3.35. The van der Waals surface area contributed by atoms with E-state index >= 15 is 0 Å². The standard InChI is InChI=1S/C11H7BrCl2N2OS/c12-8-3-1-6(18-8)5-15-11(17)10-7(13)2-4-9(14)16-10/h1-4H,5H2,(H,15,17). The SMILES string of the molecule is O=C(NCc1ccc(Br)s1)c1nc(Cl)ccc1Cl. The number of hydrogen-bond donors (Lipinski definition) is 1. The number of nitrogens with one attached hydrogen (secondary N) is 1. The van der Waals surface area contributed by atoms with E-state index in [9.17, 15) is 4.79 Å². The molecule has 0 fully saturated rings. The number of rotatable bonds is 3. The molecule has 3 nitrogen and oxygen atoms in total. The molecule has 0 spiro atoms. The van der Waals surface area contributed by atoms with Gasteiger partial charge in [0.05, 0.1) is 15.4 Å². The van der Waals surface area contributed by atoms with Gasteiger partial charge in [0.1, 0.15) is 10.8 Å². The molecule has 0 aliphatic rings. The van der Waals surface area contributed by atoms with Crippen molar-refractivity contribution in [1.82, 2.24) is 10.3 Å². The van der Waals surface area contributed by atoms with Crippen molar-refractivity contribution in [3.8, 4) is 0 Å². The number of carbonyl (C=O) groups excluding carboxylic acids is 1. The molecule has 0 saturated carbocycles. The van der Waals surface area contributed by atoms with E-state index in [2.05, 4.69) is 26.2 Å². The number of thiophene rings is 1. The molecule has 94 valence electrons. The highest BCUT2D eigenvalue weighted by atomic mass is 79.9.